The molecule has 4 atom stereocenters. The van der Waals surface area contributed by atoms with E-state index in [4.69, 9.17) is 23.8 Å². The predicted octanol–water partition coefficient (Wildman–Crippen LogP) is 3.87. The molecule has 2 aromatic carbocycles. The van der Waals surface area contributed by atoms with Gasteiger partial charge in [-0.05, 0) is 38.8 Å². The van der Waals surface area contributed by atoms with Gasteiger partial charge in [0.2, 0.25) is 0 Å². The number of rotatable bonds is 18. The van der Waals surface area contributed by atoms with Crippen LogP contribution in [0.2, 0.25) is 0 Å². The van der Waals surface area contributed by atoms with Gasteiger partial charge in [0.1, 0.15) is 41.0 Å². The summed E-state index contributed by atoms with van der Waals surface area (Å²) in [5, 5.41) is 7.09. The molecule has 1 unspecified atom stereocenters. The number of methoxy groups -OCH3 is 1. The summed E-state index contributed by atoms with van der Waals surface area (Å²) in [6, 6.07) is 16.3. The zero-order chi connectivity index (χ0) is 40.1. The van der Waals surface area contributed by atoms with Gasteiger partial charge in [0, 0.05) is 44.9 Å². The molecule has 0 saturated carbocycles. The van der Waals surface area contributed by atoms with E-state index in [1.54, 1.807) is 49.4 Å². The number of benzene rings is 2. The fourth-order valence-corrected chi connectivity index (χ4v) is 8.36. The standard InChI is InChI=1S/C39H50N7O9P/c1-5-7-22-54-45-20-21-46(30(24-45)26-47)38(49)34(27-56(51,43-28(3)39(50)53-6-2)55-31-16-12-9-13-17-31)41-37(48)33-23-35(44-19-18-32(25-44)52-4)42-36(40-33)29-14-10-8-11-15-29/h8-17,23,28,32,34H,5-7,18-22,24-25,27H2,1-4H3,(H,41,48)(H,43,51)/t28-,32-,34-,56?/m0/s1. The second kappa shape index (κ2) is 20.3. The molecule has 2 saturated heterocycles. The molecule has 2 aliphatic rings. The highest BCUT2D eigenvalue weighted by Gasteiger charge is 2.41. The van der Waals surface area contributed by atoms with Crippen LogP contribution in [0, 0.1) is 0 Å². The Balaban J connectivity index is 1.52. The van der Waals surface area contributed by atoms with Crippen molar-refractivity contribution < 1.29 is 42.6 Å². The predicted molar refractivity (Wildman–Crippen MR) is 208 cm³/mol. The molecule has 0 aliphatic carbocycles. The summed E-state index contributed by atoms with van der Waals surface area (Å²) in [5.74, 6) is 0.610. The largest absolute Gasteiger partial charge is 0.465 e. The number of piperazine rings is 1. The number of carbonyl (C=O) groups excluding carboxylic acids is 4. The van der Waals surface area contributed by atoms with Crippen LogP contribution in [-0.4, -0.2) is 121 Å². The van der Waals surface area contributed by atoms with Gasteiger partial charge in [0.25, 0.3) is 11.8 Å². The number of ether oxygens (including phenoxy) is 2. The van der Waals surface area contributed by atoms with E-state index in [2.05, 4.69) is 15.4 Å². The van der Waals surface area contributed by atoms with E-state index in [1.807, 2.05) is 48.1 Å². The van der Waals surface area contributed by atoms with Crippen LogP contribution in [0.3, 0.4) is 0 Å². The van der Waals surface area contributed by atoms with Crippen molar-refractivity contribution in [3.63, 3.8) is 0 Å². The van der Waals surface area contributed by atoms with E-state index < -0.39 is 43.5 Å². The maximum Gasteiger partial charge on any atom is 0.323 e. The summed E-state index contributed by atoms with van der Waals surface area (Å²) in [6.07, 6.45) is 1.83. The fourth-order valence-electron chi connectivity index (χ4n) is 6.24. The van der Waals surface area contributed by atoms with Crippen LogP contribution >= 0.6 is 7.52 Å². The molecule has 5 rings (SSSR count). The van der Waals surface area contributed by atoms with E-state index in [0.717, 1.165) is 19.3 Å². The number of para-hydroxylation sites is 1. The average molecular weight is 792 g/mol. The molecule has 17 heteroatoms. The lowest BCUT2D eigenvalue weighted by atomic mass is 10.2. The molecular formula is C39H50N7O9P. The van der Waals surface area contributed by atoms with Gasteiger partial charge in [-0.25, -0.2) is 19.8 Å². The summed E-state index contributed by atoms with van der Waals surface area (Å²) in [5.41, 5.74) is 0.580. The number of anilines is 1. The van der Waals surface area contributed by atoms with Crippen molar-refractivity contribution in [2.24, 2.45) is 0 Å². The number of esters is 1. The summed E-state index contributed by atoms with van der Waals surface area (Å²) in [7, 11) is -2.60. The second-order valence-electron chi connectivity index (χ2n) is 13.4. The lowest BCUT2D eigenvalue weighted by Crippen LogP contribution is -2.55. The lowest BCUT2D eigenvalue weighted by molar-refractivity contribution is -0.171. The Morgan fingerprint density at radius 1 is 1.02 bits per heavy atom. The van der Waals surface area contributed by atoms with Crippen molar-refractivity contribution in [3.8, 4) is 17.1 Å². The van der Waals surface area contributed by atoms with Gasteiger partial charge >= 0.3 is 13.5 Å². The monoisotopic (exact) mass is 791 g/mol. The highest BCUT2D eigenvalue weighted by Crippen LogP contribution is 2.44. The third kappa shape index (κ3) is 11.3. The highest BCUT2D eigenvalue weighted by molar-refractivity contribution is 7.57. The number of hydrogen-bond donors (Lipinski definition) is 2. The van der Waals surface area contributed by atoms with Crippen LogP contribution in [0.5, 0.6) is 5.75 Å². The summed E-state index contributed by atoms with van der Waals surface area (Å²) in [4.78, 5) is 72.4. The zero-order valence-electron chi connectivity index (χ0n) is 32.2. The van der Waals surface area contributed by atoms with E-state index in [1.165, 1.54) is 17.9 Å². The molecule has 16 nitrogen and oxygen atoms in total. The van der Waals surface area contributed by atoms with Crippen LogP contribution in [0.4, 0.5) is 5.82 Å². The smallest absolute Gasteiger partial charge is 0.323 e. The minimum atomic E-state index is -4.25. The van der Waals surface area contributed by atoms with Crippen molar-refractivity contribution >= 4 is 37.1 Å². The van der Waals surface area contributed by atoms with Crippen molar-refractivity contribution in [1.82, 2.24) is 30.3 Å². The molecule has 3 aromatic rings. The van der Waals surface area contributed by atoms with E-state index in [0.29, 0.717) is 31.1 Å². The maximum absolute atomic E-state index is 14.9. The van der Waals surface area contributed by atoms with Crippen LogP contribution in [-0.2, 0) is 33.3 Å². The summed E-state index contributed by atoms with van der Waals surface area (Å²) < 4.78 is 31.6. The van der Waals surface area contributed by atoms with Gasteiger partial charge in [-0.15, -0.1) is 0 Å². The lowest BCUT2D eigenvalue weighted by Gasteiger charge is -2.36. The molecule has 2 fully saturated rings. The molecule has 0 spiro atoms. The Labute approximate surface area is 327 Å². The van der Waals surface area contributed by atoms with Gasteiger partial charge in [0.05, 0.1) is 32.0 Å². The van der Waals surface area contributed by atoms with Crippen LogP contribution in [0.15, 0.2) is 72.4 Å². The minimum Gasteiger partial charge on any atom is -0.465 e. The molecule has 56 heavy (non-hydrogen) atoms. The SMILES string of the molecule is CCCCON1CCN(C(=O)[C@H](CP(=O)(N[C@@H](C)C(=O)OCC)Oc2ccccc2)NC(=O)c2cc(N3CC[C@H](OC)C3)nc(-c3ccccc3)n2)C(=C=O)C1. The second-order valence-corrected chi connectivity index (χ2v) is 15.5. The Kier molecular flexibility index (Phi) is 15.3. The van der Waals surface area contributed by atoms with Crippen molar-refractivity contribution in [1.29, 1.82) is 0 Å². The first-order valence-corrected chi connectivity index (χ1v) is 20.6. The van der Waals surface area contributed by atoms with Gasteiger partial charge in [0.15, 0.2) is 5.82 Å². The molecule has 0 bridgehead atoms. The number of amides is 2. The first kappa shape index (κ1) is 42.2. The average Bonchev–Trinajstić information content (AvgIpc) is 3.71. The third-order valence-corrected chi connectivity index (χ3v) is 11.3. The van der Waals surface area contributed by atoms with Crippen molar-refractivity contribution in [3.05, 3.63) is 78.1 Å². The van der Waals surface area contributed by atoms with Crippen LogP contribution < -0.4 is 19.8 Å². The zero-order valence-corrected chi connectivity index (χ0v) is 33.1. The Bertz CT molecular complexity index is 1900. The summed E-state index contributed by atoms with van der Waals surface area (Å²) >= 11 is 0. The van der Waals surface area contributed by atoms with Crippen molar-refractivity contribution in [2.45, 2.75) is 58.2 Å². The molecule has 3 heterocycles. The molecule has 2 aliphatic heterocycles. The van der Waals surface area contributed by atoms with Gasteiger partial charge in [-0.1, -0.05) is 61.9 Å². The number of aromatic nitrogens is 2. The Morgan fingerprint density at radius 3 is 2.41 bits per heavy atom. The van der Waals surface area contributed by atoms with Crippen LogP contribution in [0.1, 0.15) is 50.5 Å². The number of carbonyl (C=O) groups is 3. The number of unbranched alkanes of at least 4 members (excludes halogenated alkanes) is 1. The molecule has 300 valence electrons. The van der Waals surface area contributed by atoms with E-state index >= 15 is 0 Å². The molecule has 1 aromatic heterocycles. The van der Waals surface area contributed by atoms with E-state index in [9.17, 15) is 23.7 Å². The normalized spacial score (nSPS) is 18.1. The maximum atomic E-state index is 14.9. The number of hydrogen-bond acceptors (Lipinski definition) is 13. The summed E-state index contributed by atoms with van der Waals surface area (Å²) in [6.45, 7) is 7.06. The van der Waals surface area contributed by atoms with E-state index in [-0.39, 0.29) is 55.3 Å². The molecular weight excluding hydrogens is 741 g/mol. The first-order chi connectivity index (χ1) is 27.1. The molecule has 2 amide bonds. The van der Waals surface area contributed by atoms with Gasteiger partial charge < -0.3 is 29.1 Å². The topological polar surface area (TPSA) is 182 Å². The highest BCUT2D eigenvalue weighted by atomic mass is 31.2. The number of hydroxylamine groups is 2. The third-order valence-electron chi connectivity index (χ3n) is 9.21. The first-order valence-electron chi connectivity index (χ1n) is 18.8. The Hall–Kier alpha value is -4.95. The van der Waals surface area contributed by atoms with Crippen LogP contribution in [0.25, 0.3) is 11.4 Å². The van der Waals surface area contributed by atoms with Crippen molar-refractivity contribution in [2.75, 3.05) is 64.1 Å². The fraction of sp³-hybridized carbons (Fsp3) is 0.462. The quantitative estimate of drug-likeness (QED) is 0.0820. The van der Waals surface area contributed by atoms with Gasteiger partial charge in [-0.2, -0.15) is 5.06 Å². The van der Waals surface area contributed by atoms with Gasteiger partial charge in [-0.3, -0.25) is 23.8 Å². The minimum absolute atomic E-state index is 0.0177. The number of nitrogens with zero attached hydrogens (tertiary/aromatic N) is 5. The molecule has 2 N–H and O–H groups in total. The Morgan fingerprint density at radius 2 is 1.75 bits per heavy atom. The molecule has 0 radical (unpaired) electrons. The number of nitrogens with one attached hydrogen (secondary N) is 2.